The van der Waals surface area contributed by atoms with Crippen molar-refractivity contribution in [3.63, 3.8) is 0 Å². The number of carbonyl (C=O) groups is 2. The first-order valence-electron chi connectivity index (χ1n) is 10.6. The number of carbonyl (C=O) groups excluding carboxylic acids is 2. The third kappa shape index (κ3) is 4.53. The molecule has 2 aromatic carbocycles. The van der Waals surface area contributed by atoms with Crippen molar-refractivity contribution in [1.29, 1.82) is 0 Å². The van der Waals surface area contributed by atoms with Crippen molar-refractivity contribution in [2.45, 2.75) is 32.7 Å². The van der Waals surface area contributed by atoms with Crippen LogP contribution in [-0.4, -0.2) is 39.8 Å². The van der Waals surface area contributed by atoms with Gasteiger partial charge in [0.2, 0.25) is 11.8 Å². The van der Waals surface area contributed by atoms with E-state index in [2.05, 4.69) is 24.1 Å². The Hall–Kier alpha value is -3.15. The number of likely N-dealkylation sites (tertiary alicyclic amines) is 1. The molecule has 0 aliphatic carbocycles. The highest BCUT2D eigenvalue weighted by Gasteiger charge is 2.35. The molecule has 1 aliphatic heterocycles. The van der Waals surface area contributed by atoms with Gasteiger partial charge in [0, 0.05) is 19.5 Å². The lowest BCUT2D eigenvalue weighted by Gasteiger charge is -2.21. The van der Waals surface area contributed by atoms with Gasteiger partial charge in [0.15, 0.2) is 0 Å². The highest BCUT2D eigenvalue weighted by Crippen LogP contribution is 2.23. The third-order valence-corrected chi connectivity index (χ3v) is 5.51. The largest absolute Gasteiger partial charge is 0.346 e. The smallest absolute Gasteiger partial charge is 0.226 e. The van der Waals surface area contributed by atoms with Crippen LogP contribution >= 0.6 is 0 Å². The van der Waals surface area contributed by atoms with E-state index in [1.807, 2.05) is 59.5 Å². The fourth-order valence-electron chi connectivity index (χ4n) is 4.06. The molecule has 2 heterocycles. The molecule has 2 unspecified atom stereocenters. The summed E-state index contributed by atoms with van der Waals surface area (Å²) < 4.78 is 0. The molecule has 1 fully saturated rings. The minimum Gasteiger partial charge on any atom is -0.346 e. The lowest BCUT2D eigenvalue weighted by atomic mass is 10.0. The summed E-state index contributed by atoms with van der Waals surface area (Å²) >= 11 is 0. The Morgan fingerprint density at radius 1 is 1.17 bits per heavy atom. The van der Waals surface area contributed by atoms with Crippen molar-refractivity contribution in [1.82, 2.24) is 20.2 Å². The van der Waals surface area contributed by atoms with Gasteiger partial charge in [-0.2, -0.15) is 0 Å². The van der Waals surface area contributed by atoms with E-state index < -0.39 is 0 Å². The number of aromatic amines is 1. The zero-order chi connectivity index (χ0) is 21.1. The van der Waals surface area contributed by atoms with E-state index in [4.69, 9.17) is 4.98 Å². The fraction of sp³-hybridized carbons (Fsp3) is 0.375. The monoisotopic (exact) mass is 404 g/mol. The standard InChI is InChI=1S/C24H28N4O2/c1-16(2)14-28-15-18(13-22(28)29)24(30)27-21(12-17-8-4-3-5-9-17)23-25-19-10-6-7-11-20(19)26-23/h3-11,16,18,21H,12-15H2,1-2H3,(H,25,26)(H,27,30). The molecule has 6 nitrogen and oxygen atoms in total. The molecule has 1 saturated heterocycles. The molecule has 30 heavy (non-hydrogen) atoms. The van der Waals surface area contributed by atoms with E-state index in [-0.39, 0.29) is 30.2 Å². The normalized spacial score (nSPS) is 17.6. The number of nitrogens with one attached hydrogen (secondary N) is 2. The summed E-state index contributed by atoms with van der Waals surface area (Å²) in [7, 11) is 0. The quantitative estimate of drug-likeness (QED) is 0.633. The second-order valence-electron chi connectivity index (χ2n) is 8.48. The number of H-pyrrole nitrogens is 1. The number of aromatic nitrogens is 2. The number of benzene rings is 2. The van der Waals surface area contributed by atoms with Crippen LogP contribution in [0.2, 0.25) is 0 Å². The van der Waals surface area contributed by atoms with Crippen LogP contribution in [-0.2, 0) is 16.0 Å². The minimum absolute atomic E-state index is 0.0622. The Morgan fingerprint density at radius 2 is 1.90 bits per heavy atom. The molecule has 4 rings (SSSR count). The first-order chi connectivity index (χ1) is 14.5. The molecule has 0 radical (unpaired) electrons. The van der Waals surface area contributed by atoms with Crippen molar-refractivity contribution in [3.05, 3.63) is 66.0 Å². The van der Waals surface area contributed by atoms with Gasteiger partial charge in [0.05, 0.1) is 23.0 Å². The molecule has 0 spiro atoms. The molecule has 156 valence electrons. The second-order valence-corrected chi connectivity index (χ2v) is 8.48. The summed E-state index contributed by atoms with van der Waals surface area (Å²) in [4.78, 5) is 35.3. The van der Waals surface area contributed by atoms with Crippen LogP contribution in [0.3, 0.4) is 0 Å². The van der Waals surface area contributed by atoms with Crippen LogP contribution in [0.15, 0.2) is 54.6 Å². The van der Waals surface area contributed by atoms with Gasteiger partial charge in [0.1, 0.15) is 5.82 Å². The number of fused-ring (bicyclic) bond motifs is 1. The fourth-order valence-corrected chi connectivity index (χ4v) is 4.06. The predicted molar refractivity (Wildman–Crippen MR) is 117 cm³/mol. The SMILES string of the molecule is CC(C)CN1CC(C(=O)NC(Cc2ccccc2)c2nc3ccccc3[nH]2)CC1=O. The average Bonchev–Trinajstić information content (AvgIpc) is 3.31. The van der Waals surface area contributed by atoms with Crippen molar-refractivity contribution in [2.24, 2.45) is 11.8 Å². The molecule has 2 amide bonds. The lowest BCUT2D eigenvalue weighted by Crippen LogP contribution is -2.37. The van der Waals surface area contributed by atoms with Gasteiger partial charge in [-0.3, -0.25) is 9.59 Å². The molecule has 2 atom stereocenters. The third-order valence-electron chi connectivity index (χ3n) is 5.51. The molecule has 0 bridgehead atoms. The number of amides is 2. The van der Waals surface area contributed by atoms with E-state index >= 15 is 0 Å². The van der Waals surface area contributed by atoms with Gasteiger partial charge in [-0.1, -0.05) is 56.3 Å². The highest BCUT2D eigenvalue weighted by molar-refractivity contribution is 5.89. The molecular formula is C24H28N4O2. The number of hydrogen-bond donors (Lipinski definition) is 2. The first-order valence-corrected chi connectivity index (χ1v) is 10.6. The van der Waals surface area contributed by atoms with Gasteiger partial charge < -0.3 is 15.2 Å². The Bertz CT molecular complexity index is 995. The maximum Gasteiger partial charge on any atom is 0.226 e. The second kappa shape index (κ2) is 8.69. The van der Waals surface area contributed by atoms with E-state index in [1.54, 1.807) is 0 Å². The zero-order valence-corrected chi connectivity index (χ0v) is 17.5. The lowest BCUT2D eigenvalue weighted by molar-refractivity contribution is -0.129. The molecule has 1 aromatic heterocycles. The molecule has 0 saturated carbocycles. The molecule has 3 aromatic rings. The van der Waals surface area contributed by atoms with E-state index in [0.29, 0.717) is 25.4 Å². The van der Waals surface area contributed by atoms with Gasteiger partial charge in [-0.25, -0.2) is 4.98 Å². The van der Waals surface area contributed by atoms with E-state index in [1.165, 1.54) is 0 Å². The molecule has 2 N–H and O–H groups in total. The topological polar surface area (TPSA) is 78.1 Å². The summed E-state index contributed by atoms with van der Waals surface area (Å²) in [5, 5.41) is 3.17. The Kier molecular flexibility index (Phi) is 5.84. The maximum absolute atomic E-state index is 13.1. The van der Waals surface area contributed by atoms with E-state index in [9.17, 15) is 9.59 Å². The number of rotatable bonds is 7. The Balaban J connectivity index is 1.54. The van der Waals surface area contributed by atoms with Crippen LogP contribution in [0.4, 0.5) is 0 Å². The summed E-state index contributed by atoms with van der Waals surface area (Å²) in [5.41, 5.74) is 2.94. The molecular weight excluding hydrogens is 376 g/mol. The number of nitrogens with zero attached hydrogens (tertiary/aromatic N) is 2. The summed E-state index contributed by atoms with van der Waals surface area (Å²) in [6.07, 6.45) is 0.902. The average molecular weight is 405 g/mol. The number of para-hydroxylation sites is 2. The number of imidazole rings is 1. The van der Waals surface area contributed by atoms with Crippen LogP contribution in [0, 0.1) is 11.8 Å². The van der Waals surface area contributed by atoms with Crippen molar-refractivity contribution in [3.8, 4) is 0 Å². The van der Waals surface area contributed by atoms with Crippen molar-refractivity contribution >= 4 is 22.8 Å². The number of hydrogen-bond acceptors (Lipinski definition) is 3. The predicted octanol–water partition coefficient (Wildman–Crippen LogP) is 3.47. The van der Waals surface area contributed by atoms with Gasteiger partial charge in [-0.05, 0) is 30.0 Å². The van der Waals surface area contributed by atoms with Crippen LogP contribution in [0.5, 0.6) is 0 Å². The van der Waals surface area contributed by atoms with Crippen LogP contribution in [0.1, 0.15) is 37.7 Å². The zero-order valence-electron chi connectivity index (χ0n) is 17.5. The minimum atomic E-state index is -0.320. The van der Waals surface area contributed by atoms with Gasteiger partial charge in [0.25, 0.3) is 0 Å². The van der Waals surface area contributed by atoms with Crippen molar-refractivity contribution in [2.75, 3.05) is 13.1 Å². The Labute approximate surface area is 176 Å². The van der Waals surface area contributed by atoms with Crippen molar-refractivity contribution < 1.29 is 9.59 Å². The van der Waals surface area contributed by atoms with E-state index in [0.717, 1.165) is 22.4 Å². The van der Waals surface area contributed by atoms with Crippen LogP contribution < -0.4 is 5.32 Å². The summed E-state index contributed by atoms with van der Waals surface area (Å²) in [6.45, 7) is 5.34. The van der Waals surface area contributed by atoms with Gasteiger partial charge >= 0.3 is 0 Å². The van der Waals surface area contributed by atoms with Gasteiger partial charge in [-0.15, -0.1) is 0 Å². The summed E-state index contributed by atoms with van der Waals surface area (Å²) in [6, 6.07) is 17.6. The maximum atomic E-state index is 13.1. The van der Waals surface area contributed by atoms with Crippen LogP contribution in [0.25, 0.3) is 11.0 Å². The molecule has 1 aliphatic rings. The first kappa shape index (κ1) is 20.1. The molecule has 6 heteroatoms. The highest BCUT2D eigenvalue weighted by atomic mass is 16.2. The summed E-state index contributed by atoms with van der Waals surface area (Å²) in [5.74, 6) is 0.774. The Morgan fingerprint density at radius 3 is 2.63 bits per heavy atom.